The Kier molecular flexibility index (Phi) is 4.71. The number of hydrogen-bond donors (Lipinski definition) is 1. The van der Waals surface area contributed by atoms with Gasteiger partial charge in [0.15, 0.2) is 0 Å². The SMILES string of the molecule is Cc1nc(C)c(C(=O)NCC(Br)c2ccccc2)s1. The maximum Gasteiger partial charge on any atom is 0.263 e. The molecule has 0 fully saturated rings. The molecule has 19 heavy (non-hydrogen) atoms. The van der Waals surface area contributed by atoms with Crippen LogP contribution in [0.5, 0.6) is 0 Å². The Morgan fingerprint density at radius 2 is 2.05 bits per heavy atom. The van der Waals surface area contributed by atoms with Crippen LogP contribution >= 0.6 is 27.3 Å². The topological polar surface area (TPSA) is 42.0 Å². The molecule has 3 nitrogen and oxygen atoms in total. The van der Waals surface area contributed by atoms with Gasteiger partial charge in [0.05, 0.1) is 15.5 Å². The summed E-state index contributed by atoms with van der Waals surface area (Å²) in [4.78, 5) is 17.1. The van der Waals surface area contributed by atoms with Gasteiger partial charge in [0.1, 0.15) is 4.88 Å². The highest BCUT2D eigenvalue weighted by molar-refractivity contribution is 9.09. The second-order valence-corrected chi connectivity index (χ2v) is 6.54. The van der Waals surface area contributed by atoms with Crippen molar-refractivity contribution in [1.82, 2.24) is 10.3 Å². The van der Waals surface area contributed by atoms with E-state index in [1.54, 1.807) is 0 Å². The maximum absolute atomic E-state index is 12.1. The number of carbonyl (C=O) groups excluding carboxylic acids is 1. The van der Waals surface area contributed by atoms with E-state index in [0.29, 0.717) is 11.4 Å². The molecule has 1 unspecified atom stereocenters. The third-order valence-electron chi connectivity index (χ3n) is 2.71. The van der Waals surface area contributed by atoms with E-state index in [9.17, 15) is 4.79 Å². The van der Waals surface area contributed by atoms with Crippen LogP contribution < -0.4 is 5.32 Å². The van der Waals surface area contributed by atoms with Crippen molar-refractivity contribution in [3.63, 3.8) is 0 Å². The Hall–Kier alpha value is -1.20. The summed E-state index contributed by atoms with van der Waals surface area (Å²) in [6.45, 7) is 4.33. The molecule has 0 radical (unpaired) electrons. The minimum absolute atomic E-state index is 0.0523. The zero-order valence-corrected chi connectivity index (χ0v) is 13.2. The summed E-state index contributed by atoms with van der Waals surface area (Å²) in [6, 6.07) is 10.0. The number of carbonyl (C=O) groups is 1. The maximum atomic E-state index is 12.1. The van der Waals surface area contributed by atoms with E-state index in [4.69, 9.17) is 0 Å². The number of aryl methyl sites for hydroxylation is 2. The average Bonchev–Trinajstić information content (AvgIpc) is 2.75. The van der Waals surface area contributed by atoms with E-state index in [0.717, 1.165) is 16.3 Å². The third kappa shape index (κ3) is 3.64. The molecule has 0 aliphatic carbocycles. The van der Waals surface area contributed by atoms with E-state index >= 15 is 0 Å². The summed E-state index contributed by atoms with van der Waals surface area (Å²) in [6.07, 6.45) is 0. The van der Waals surface area contributed by atoms with Crippen molar-refractivity contribution < 1.29 is 4.79 Å². The first-order valence-corrected chi connectivity index (χ1v) is 7.72. The number of nitrogens with zero attached hydrogens (tertiary/aromatic N) is 1. The van der Waals surface area contributed by atoms with Crippen LogP contribution in [0.15, 0.2) is 30.3 Å². The Labute approximate surface area is 125 Å². The highest BCUT2D eigenvalue weighted by Crippen LogP contribution is 2.22. The smallest absolute Gasteiger partial charge is 0.263 e. The van der Waals surface area contributed by atoms with Crippen molar-refractivity contribution in [2.24, 2.45) is 0 Å². The van der Waals surface area contributed by atoms with Crippen LogP contribution in [0.4, 0.5) is 0 Å². The van der Waals surface area contributed by atoms with Crippen LogP contribution in [0.2, 0.25) is 0 Å². The Morgan fingerprint density at radius 3 is 2.63 bits per heavy atom. The van der Waals surface area contributed by atoms with E-state index in [1.807, 2.05) is 44.2 Å². The summed E-state index contributed by atoms with van der Waals surface area (Å²) in [5.41, 5.74) is 1.95. The van der Waals surface area contributed by atoms with Crippen LogP contribution in [0.25, 0.3) is 0 Å². The van der Waals surface area contributed by atoms with E-state index in [2.05, 4.69) is 26.2 Å². The molecule has 1 aromatic heterocycles. The molecule has 0 saturated carbocycles. The predicted octanol–water partition coefficient (Wildman–Crippen LogP) is 3.63. The van der Waals surface area contributed by atoms with Gasteiger partial charge in [-0.3, -0.25) is 4.79 Å². The molecule has 1 aromatic carbocycles. The summed E-state index contributed by atoms with van der Waals surface area (Å²) in [7, 11) is 0. The Balaban J connectivity index is 1.96. The molecule has 0 saturated heterocycles. The van der Waals surface area contributed by atoms with Crippen LogP contribution in [-0.4, -0.2) is 17.4 Å². The minimum Gasteiger partial charge on any atom is -0.350 e. The van der Waals surface area contributed by atoms with Gasteiger partial charge in [-0.2, -0.15) is 0 Å². The lowest BCUT2D eigenvalue weighted by Gasteiger charge is -2.11. The number of nitrogens with one attached hydrogen (secondary N) is 1. The standard InChI is InChI=1S/C14H15BrN2OS/c1-9-13(19-10(2)17-9)14(18)16-8-12(15)11-6-4-3-5-7-11/h3-7,12H,8H2,1-2H3,(H,16,18). The van der Waals surface area contributed by atoms with Gasteiger partial charge in [-0.05, 0) is 19.4 Å². The number of rotatable bonds is 4. The summed E-state index contributed by atoms with van der Waals surface area (Å²) >= 11 is 5.02. The number of amides is 1. The lowest BCUT2D eigenvalue weighted by molar-refractivity contribution is 0.0957. The highest BCUT2D eigenvalue weighted by Gasteiger charge is 2.15. The molecule has 0 bridgehead atoms. The monoisotopic (exact) mass is 338 g/mol. The van der Waals surface area contributed by atoms with E-state index in [-0.39, 0.29) is 10.7 Å². The van der Waals surface area contributed by atoms with Gasteiger partial charge in [0.25, 0.3) is 5.91 Å². The number of aromatic nitrogens is 1. The average molecular weight is 339 g/mol. The lowest BCUT2D eigenvalue weighted by atomic mass is 10.1. The lowest BCUT2D eigenvalue weighted by Crippen LogP contribution is -2.26. The second-order valence-electron chi connectivity index (χ2n) is 4.24. The van der Waals surface area contributed by atoms with Gasteiger partial charge in [-0.25, -0.2) is 4.98 Å². The van der Waals surface area contributed by atoms with Crippen LogP contribution in [0, 0.1) is 13.8 Å². The van der Waals surface area contributed by atoms with Gasteiger partial charge in [0, 0.05) is 6.54 Å². The van der Waals surface area contributed by atoms with Crippen molar-refractivity contribution in [3.05, 3.63) is 51.5 Å². The van der Waals surface area contributed by atoms with Crippen molar-refractivity contribution in [2.45, 2.75) is 18.7 Å². The first-order valence-electron chi connectivity index (χ1n) is 5.99. The molecule has 1 atom stereocenters. The molecule has 1 N–H and O–H groups in total. The normalized spacial score (nSPS) is 12.2. The minimum atomic E-state index is -0.0523. The first-order chi connectivity index (χ1) is 9.08. The molecule has 5 heteroatoms. The zero-order chi connectivity index (χ0) is 13.8. The number of halogens is 1. The third-order valence-corrected chi connectivity index (χ3v) is 4.64. The summed E-state index contributed by atoms with van der Waals surface area (Å²) in [5, 5.41) is 3.85. The molecule has 100 valence electrons. The van der Waals surface area contributed by atoms with E-state index < -0.39 is 0 Å². The molecule has 0 aliphatic rings. The van der Waals surface area contributed by atoms with Gasteiger partial charge < -0.3 is 5.32 Å². The van der Waals surface area contributed by atoms with Crippen molar-refractivity contribution in [2.75, 3.05) is 6.54 Å². The molecular weight excluding hydrogens is 324 g/mol. The van der Waals surface area contributed by atoms with Crippen LogP contribution in [0.1, 0.15) is 30.8 Å². The van der Waals surface area contributed by atoms with E-state index in [1.165, 1.54) is 11.3 Å². The quantitative estimate of drug-likeness (QED) is 0.865. The van der Waals surface area contributed by atoms with Crippen molar-refractivity contribution in [3.8, 4) is 0 Å². The molecule has 0 spiro atoms. The molecule has 1 amide bonds. The Morgan fingerprint density at radius 1 is 1.37 bits per heavy atom. The number of alkyl halides is 1. The molecule has 1 heterocycles. The fourth-order valence-electron chi connectivity index (χ4n) is 1.78. The Bertz CT molecular complexity index is 568. The van der Waals surface area contributed by atoms with Crippen LogP contribution in [-0.2, 0) is 0 Å². The highest BCUT2D eigenvalue weighted by atomic mass is 79.9. The predicted molar refractivity (Wildman–Crippen MR) is 82.0 cm³/mol. The van der Waals surface area contributed by atoms with Gasteiger partial charge in [-0.1, -0.05) is 46.3 Å². The van der Waals surface area contributed by atoms with Crippen molar-refractivity contribution >= 4 is 33.2 Å². The number of benzene rings is 1. The second kappa shape index (κ2) is 6.30. The van der Waals surface area contributed by atoms with Gasteiger partial charge in [0.2, 0.25) is 0 Å². The first kappa shape index (κ1) is 14.2. The fraction of sp³-hybridized carbons (Fsp3) is 0.286. The summed E-state index contributed by atoms with van der Waals surface area (Å²) < 4.78 is 0. The largest absolute Gasteiger partial charge is 0.350 e. The fourth-order valence-corrected chi connectivity index (χ4v) is 3.09. The van der Waals surface area contributed by atoms with Gasteiger partial charge >= 0.3 is 0 Å². The number of thiazole rings is 1. The molecular formula is C14H15BrN2OS. The number of hydrogen-bond acceptors (Lipinski definition) is 3. The molecule has 2 aromatic rings. The molecule has 0 aliphatic heterocycles. The van der Waals surface area contributed by atoms with Gasteiger partial charge in [-0.15, -0.1) is 11.3 Å². The molecule has 2 rings (SSSR count). The zero-order valence-electron chi connectivity index (χ0n) is 10.8. The summed E-state index contributed by atoms with van der Waals surface area (Å²) in [5.74, 6) is -0.0523. The van der Waals surface area contributed by atoms with Crippen molar-refractivity contribution in [1.29, 1.82) is 0 Å². The van der Waals surface area contributed by atoms with Crippen LogP contribution in [0.3, 0.4) is 0 Å².